The third-order valence-corrected chi connectivity index (χ3v) is 8.00. The summed E-state index contributed by atoms with van der Waals surface area (Å²) in [5, 5.41) is 0. The van der Waals surface area contributed by atoms with Crippen molar-refractivity contribution in [2.75, 3.05) is 47.5 Å². The van der Waals surface area contributed by atoms with Crippen LogP contribution in [0.4, 0.5) is 0 Å². The highest BCUT2D eigenvalue weighted by Gasteiger charge is 2.31. The molecule has 1 aliphatic heterocycles. The summed E-state index contributed by atoms with van der Waals surface area (Å²) in [6, 6.07) is 14.2. The average molecular weight is 521 g/mol. The normalized spacial score (nSPS) is 18.8. The molecule has 0 spiro atoms. The fraction of sp³-hybridized carbons (Fsp3) is 0.531. The van der Waals surface area contributed by atoms with Crippen molar-refractivity contribution in [1.29, 1.82) is 0 Å². The van der Waals surface area contributed by atoms with Crippen LogP contribution < -0.4 is 14.2 Å². The summed E-state index contributed by atoms with van der Waals surface area (Å²) in [6.07, 6.45) is 11.3. The number of likely N-dealkylation sites (tertiary alicyclic amines) is 1. The molecule has 1 saturated heterocycles. The number of carbonyl (C=O) groups excluding carboxylic acids is 1. The summed E-state index contributed by atoms with van der Waals surface area (Å²) in [7, 11) is 4.74. The van der Waals surface area contributed by atoms with Crippen LogP contribution in [-0.4, -0.2) is 69.3 Å². The molecule has 1 amide bonds. The highest BCUT2D eigenvalue weighted by molar-refractivity contribution is 5.96. The van der Waals surface area contributed by atoms with Crippen LogP contribution in [0.5, 0.6) is 17.2 Å². The molecule has 4 rings (SSSR count). The topological polar surface area (TPSA) is 51.2 Å². The van der Waals surface area contributed by atoms with Crippen molar-refractivity contribution in [3.63, 3.8) is 0 Å². The maximum atomic E-state index is 14.1. The van der Waals surface area contributed by atoms with Gasteiger partial charge in [-0.05, 0) is 62.8 Å². The van der Waals surface area contributed by atoms with Crippen LogP contribution in [-0.2, 0) is 0 Å². The van der Waals surface area contributed by atoms with Gasteiger partial charge in [0, 0.05) is 31.2 Å². The van der Waals surface area contributed by atoms with Crippen LogP contribution in [0.25, 0.3) is 6.08 Å². The fourth-order valence-corrected chi connectivity index (χ4v) is 6.08. The molecule has 2 aromatic rings. The average Bonchev–Trinajstić information content (AvgIpc) is 3.38. The van der Waals surface area contributed by atoms with Gasteiger partial charge in [-0.15, -0.1) is 0 Å². The monoisotopic (exact) mass is 520 g/mol. The van der Waals surface area contributed by atoms with E-state index >= 15 is 0 Å². The Morgan fingerprint density at radius 1 is 0.947 bits per heavy atom. The zero-order valence-electron chi connectivity index (χ0n) is 23.6. The van der Waals surface area contributed by atoms with E-state index in [2.05, 4.69) is 30.0 Å². The van der Waals surface area contributed by atoms with E-state index in [1.165, 1.54) is 38.5 Å². The summed E-state index contributed by atoms with van der Waals surface area (Å²) >= 11 is 0. The third-order valence-electron chi connectivity index (χ3n) is 8.00. The quantitative estimate of drug-likeness (QED) is 0.348. The minimum atomic E-state index is -0.0189. The van der Waals surface area contributed by atoms with E-state index in [-0.39, 0.29) is 5.91 Å². The standard InChI is InChI=1S/C32H44N2O4/c1-24(18-25-12-7-5-8-13-25)21-34(23-28-16-11-17-33(28)22-26-14-9-6-10-15-26)32(35)27-19-29(36-2)31(38-4)30(20-27)37-3/h5,7-8,12-13,18-20,26,28H,6,9-11,14-17,21-23H2,1-4H3/t28-/m0/s1. The summed E-state index contributed by atoms with van der Waals surface area (Å²) in [5.41, 5.74) is 2.84. The van der Waals surface area contributed by atoms with Gasteiger partial charge in [-0.25, -0.2) is 0 Å². The summed E-state index contributed by atoms with van der Waals surface area (Å²) in [6.45, 7) is 5.68. The van der Waals surface area contributed by atoms with Crippen molar-refractivity contribution in [2.24, 2.45) is 5.92 Å². The molecule has 0 aromatic heterocycles. The van der Waals surface area contributed by atoms with E-state index in [9.17, 15) is 4.79 Å². The van der Waals surface area contributed by atoms with Crippen LogP contribution >= 0.6 is 0 Å². The summed E-state index contributed by atoms with van der Waals surface area (Å²) in [4.78, 5) is 18.7. The number of carbonyl (C=O) groups is 1. The molecule has 2 fully saturated rings. The Morgan fingerprint density at radius 2 is 1.63 bits per heavy atom. The van der Waals surface area contributed by atoms with E-state index < -0.39 is 0 Å². The second kappa shape index (κ2) is 13.7. The van der Waals surface area contributed by atoms with E-state index in [4.69, 9.17) is 14.2 Å². The first kappa shape index (κ1) is 28.0. The predicted octanol–water partition coefficient (Wildman–Crippen LogP) is 6.30. The minimum absolute atomic E-state index is 0.0189. The predicted molar refractivity (Wildman–Crippen MR) is 153 cm³/mol. The van der Waals surface area contributed by atoms with Crippen molar-refractivity contribution in [3.8, 4) is 17.2 Å². The molecule has 1 atom stereocenters. The Bertz CT molecular complexity index is 1050. The van der Waals surface area contributed by atoms with Crippen molar-refractivity contribution in [2.45, 2.75) is 57.9 Å². The Morgan fingerprint density at radius 3 is 2.26 bits per heavy atom. The van der Waals surface area contributed by atoms with E-state index in [1.54, 1.807) is 33.5 Å². The molecule has 6 nitrogen and oxygen atoms in total. The van der Waals surface area contributed by atoms with Crippen LogP contribution in [0.15, 0.2) is 48.0 Å². The number of ether oxygens (including phenoxy) is 3. The van der Waals surface area contributed by atoms with Crippen LogP contribution in [0, 0.1) is 5.92 Å². The summed E-state index contributed by atoms with van der Waals surface area (Å²) in [5.74, 6) is 2.25. The van der Waals surface area contributed by atoms with Gasteiger partial charge in [-0.2, -0.15) is 0 Å². The van der Waals surface area contributed by atoms with E-state index in [0.717, 1.165) is 36.6 Å². The van der Waals surface area contributed by atoms with Gasteiger partial charge in [0.15, 0.2) is 11.5 Å². The smallest absolute Gasteiger partial charge is 0.254 e. The van der Waals surface area contributed by atoms with Gasteiger partial charge in [-0.3, -0.25) is 9.69 Å². The first-order chi connectivity index (χ1) is 18.5. The lowest BCUT2D eigenvalue weighted by Gasteiger charge is -2.34. The number of hydrogen-bond acceptors (Lipinski definition) is 5. The first-order valence-electron chi connectivity index (χ1n) is 14.1. The molecule has 206 valence electrons. The number of benzene rings is 2. The van der Waals surface area contributed by atoms with Gasteiger partial charge < -0.3 is 19.1 Å². The second-order valence-electron chi connectivity index (χ2n) is 10.8. The molecule has 1 aliphatic carbocycles. The van der Waals surface area contributed by atoms with Crippen molar-refractivity contribution >= 4 is 12.0 Å². The summed E-state index contributed by atoms with van der Waals surface area (Å²) < 4.78 is 16.6. The molecule has 0 N–H and O–H groups in total. The van der Waals surface area contributed by atoms with E-state index in [1.807, 2.05) is 23.1 Å². The first-order valence-corrected chi connectivity index (χ1v) is 14.1. The Labute approximate surface area is 228 Å². The molecule has 0 bridgehead atoms. The molecule has 38 heavy (non-hydrogen) atoms. The Balaban J connectivity index is 1.59. The van der Waals surface area contributed by atoms with Crippen LogP contribution in [0.1, 0.15) is 67.8 Å². The van der Waals surface area contributed by atoms with Crippen molar-refractivity contribution < 1.29 is 19.0 Å². The van der Waals surface area contributed by atoms with Gasteiger partial charge >= 0.3 is 0 Å². The fourth-order valence-electron chi connectivity index (χ4n) is 6.08. The second-order valence-corrected chi connectivity index (χ2v) is 10.8. The van der Waals surface area contributed by atoms with Crippen LogP contribution in [0.2, 0.25) is 0 Å². The molecule has 2 aliphatic rings. The maximum Gasteiger partial charge on any atom is 0.254 e. The zero-order chi connectivity index (χ0) is 26.9. The molecule has 1 saturated carbocycles. The SMILES string of the molecule is COc1cc(C(=O)N(CC(C)=Cc2ccccc2)C[C@@H]2CCCN2CC2CCCCC2)cc(OC)c1OC. The molecule has 2 aromatic carbocycles. The lowest BCUT2D eigenvalue weighted by atomic mass is 9.89. The Kier molecular flexibility index (Phi) is 10.1. The largest absolute Gasteiger partial charge is 0.493 e. The highest BCUT2D eigenvalue weighted by atomic mass is 16.5. The lowest BCUT2D eigenvalue weighted by Crippen LogP contribution is -2.45. The Hall–Kier alpha value is -2.99. The van der Waals surface area contributed by atoms with Gasteiger partial charge in [0.1, 0.15) is 0 Å². The van der Waals surface area contributed by atoms with E-state index in [0.29, 0.717) is 41.9 Å². The molecular formula is C32H44N2O4. The molecule has 0 radical (unpaired) electrons. The maximum absolute atomic E-state index is 14.1. The molecule has 6 heteroatoms. The minimum Gasteiger partial charge on any atom is -0.493 e. The number of amides is 1. The third kappa shape index (κ3) is 7.10. The molecule has 0 unspecified atom stereocenters. The van der Waals surface area contributed by atoms with Gasteiger partial charge in [0.05, 0.1) is 21.3 Å². The van der Waals surface area contributed by atoms with Gasteiger partial charge in [0.25, 0.3) is 5.91 Å². The van der Waals surface area contributed by atoms with Crippen molar-refractivity contribution in [3.05, 3.63) is 59.2 Å². The van der Waals surface area contributed by atoms with Gasteiger partial charge in [-0.1, -0.05) is 61.2 Å². The number of nitrogens with zero attached hydrogens (tertiary/aromatic N) is 2. The number of rotatable bonds is 11. The van der Waals surface area contributed by atoms with Gasteiger partial charge in [0.2, 0.25) is 5.75 Å². The molecular weight excluding hydrogens is 476 g/mol. The number of methoxy groups -OCH3 is 3. The van der Waals surface area contributed by atoms with Crippen molar-refractivity contribution in [1.82, 2.24) is 9.80 Å². The zero-order valence-corrected chi connectivity index (χ0v) is 23.6. The molecule has 1 heterocycles. The van der Waals surface area contributed by atoms with Crippen LogP contribution in [0.3, 0.4) is 0 Å². The lowest BCUT2D eigenvalue weighted by molar-refractivity contribution is 0.0709. The highest BCUT2D eigenvalue weighted by Crippen LogP contribution is 2.38. The number of hydrogen-bond donors (Lipinski definition) is 0.